The Morgan fingerprint density at radius 1 is 0.774 bits per heavy atom. The highest BCUT2D eigenvalue weighted by atomic mass is 16.5. The number of hydrogen-bond donors (Lipinski definition) is 2. The molecule has 0 aliphatic heterocycles. The third-order valence-electron chi connectivity index (χ3n) is 4.87. The van der Waals surface area contributed by atoms with Gasteiger partial charge in [-0.3, -0.25) is 9.59 Å². The summed E-state index contributed by atoms with van der Waals surface area (Å²) >= 11 is 0. The van der Waals surface area contributed by atoms with Gasteiger partial charge >= 0.3 is 5.97 Å². The number of esters is 1. The monoisotopic (exact) mass is 416 g/mol. The lowest BCUT2D eigenvalue weighted by Gasteiger charge is -2.27. The van der Waals surface area contributed by atoms with Crippen molar-refractivity contribution in [3.8, 4) is 0 Å². The summed E-state index contributed by atoms with van der Waals surface area (Å²) < 4.78 is 5.04. The first-order valence-corrected chi connectivity index (χ1v) is 9.86. The molecule has 1 atom stereocenters. The molecule has 0 aliphatic carbocycles. The van der Waals surface area contributed by atoms with E-state index >= 15 is 0 Å². The second-order valence-electron chi connectivity index (χ2n) is 7.00. The molecule has 6 heteroatoms. The van der Waals surface area contributed by atoms with E-state index in [0.29, 0.717) is 5.69 Å². The van der Waals surface area contributed by atoms with Crippen LogP contribution < -0.4 is 10.6 Å². The number of methoxy groups -OCH3 is 1. The fourth-order valence-electron chi connectivity index (χ4n) is 3.50. The molecule has 0 fully saturated rings. The molecule has 0 radical (unpaired) electrons. The van der Waals surface area contributed by atoms with Crippen LogP contribution in [0.3, 0.4) is 0 Å². The van der Waals surface area contributed by atoms with E-state index in [0.717, 1.165) is 11.1 Å². The largest absolute Gasteiger partial charge is 0.467 e. The molecule has 0 saturated heterocycles. The quantitative estimate of drug-likeness (QED) is 0.575. The minimum atomic E-state index is -0.979. The molecule has 0 bridgehead atoms. The van der Waals surface area contributed by atoms with Crippen LogP contribution >= 0.6 is 0 Å². The summed E-state index contributed by atoms with van der Waals surface area (Å²) in [4.78, 5) is 37.5. The van der Waals surface area contributed by atoms with E-state index in [-0.39, 0.29) is 11.5 Å². The highest BCUT2D eigenvalue weighted by Gasteiger charge is 2.33. The molecule has 6 nitrogen and oxygen atoms in total. The molecule has 3 aromatic carbocycles. The summed E-state index contributed by atoms with van der Waals surface area (Å²) in [6, 6.07) is 24.6. The average molecular weight is 416 g/mol. The molecule has 3 rings (SSSR count). The number of carbonyl (C=O) groups excluding carboxylic acids is 3. The molecule has 0 saturated carbocycles. The van der Waals surface area contributed by atoms with Crippen LogP contribution in [0.5, 0.6) is 0 Å². The minimum absolute atomic E-state index is 0.256. The van der Waals surface area contributed by atoms with Gasteiger partial charge < -0.3 is 15.4 Å². The van der Waals surface area contributed by atoms with Gasteiger partial charge in [0.25, 0.3) is 5.91 Å². The van der Waals surface area contributed by atoms with E-state index < -0.39 is 23.8 Å². The van der Waals surface area contributed by atoms with Crippen LogP contribution in [0.2, 0.25) is 0 Å². The van der Waals surface area contributed by atoms with Crippen molar-refractivity contribution < 1.29 is 19.1 Å². The third kappa shape index (κ3) is 5.36. The number of para-hydroxylation sites is 1. The van der Waals surface area contributed by atoms with Crippen molar-refractivity contribution in [1.82, 2.24) is 5.32 Å². The van der Waals surface area contributed by atoms with E-state index in [4.69, 9.17) is 4.74 Å². The van der Waals surface area contributed by atoms with Crippen LogP contribution in [-0.2, 0) is 14.3 Å². The third-order valence-corrected chi connectivity index (χ3v) is 4.87. The number of nitrogens with one attached hydrogen (secondary N) is 2. The molecular formula is C25H24N2O4. The van der Waals surface area contributed by atoms with Gasteiger partial charge in [0.15, 0.2) is 0 Å². The normalized spacial score (nSPS) is 11.5. The zero-order chi connectivity index (χ0) is 22.2. The summed E-state index contributed by atoms with van der Waals surface area (Å²) in [6.45, 7) is 1.37. The Morgan fingerprint density at radius 3 is 1.81 bits per heavy atom. The molecule has 3 aromatic rings. The maximum absolute atomic E-state index is 13.2. The van der Waals surface area contributed by atoms with E-state index in [1.165, 1.54) is 14.0 Å². The summed E-state index contributed by atoms with van der Waals surface area (Å²) in [7, 11) is 1.29. The van der Waals surface area contributed by atoms with Crippen molar-refractivity contribution in [1.29, 1.82) is 0 Å². The highest BCUT2D eigenvalue weighted by molar-refractivity contribution is 6.04. The van der Waals surface area contributed by atoms with E-state index in [9.17, 15) is 14.4 Å². The van der Waals surface area contributed by atoms with Crippen LogP contribution in [0.15, 0.2) is 84.9 Å². The van der Waals surface area contributed by atoms with Gasteiger partial charge in [-0.2, -0.15) is 0 Å². The number of carbonyl (C=O) groups is 3. The standard InChI is InChI=1S/C25H24N2O4/c1-17(28)26-21-16-10-9-15-20(21)24(29)27-23(25(30)31-2)22(18-11-5-3-6-12-18)19-13-7-4-8-14-19/h3-16,22-23H,1-2H3,(H,26,28)(H,27,29)/t23-/m0/s1. The van der Waals surface area contributed by atoms with E-state index in [1.807, 2.05) is 60.7 Å². The topological polar surface area (TPSA) is 84.5 Å². The van der Waals surface area contributed by atoms with Crippen molar-refractivity contribution in [2.24, 2.45) is 0 Å². The maximum Gasteiger partial charge on any atom is 0.329 e. The first kappa shape index (κ1) is 21.8. The maximum atomic E-state index is 13.2. The highest BCUT2D eigenvalue weighted by Crippen LogP contribution is 2.29. The Balaban J connectivity index is 2.02. The number of amides is 2. The van der Waals surface area contributed by atoms with Crippen LogP contribution in [-0.4, -0.2) is 30.9 Å². The van der Waals surface area contributed by atoms with Crippen LogP contribution in [0.25, 0.3) is 0 Å². The first-order valence-electron chi connectivity index (χ1n) is 9.86. The molecule has 158 valence electrons. The van der Waals surface area contributed by atoms with Gasteiger partial charge in [-0.1, -0.05) is 72.8 Å². The van der Waals surface area contributed by atoms with Crippen LogP contribution in [0.4, 0.5) is 5.69 Å². The Morgan fingerprint density at radius 2 is 1.29 bits per heavy atom. The lowest BCUT2D eigenvalue weighted by Crippen LogP contribution is -2.46. The predicted octanol–water partition coefficient (Wildman–Crippen LogP) is 3.75. The van der Waals surface area contributed by atoms with Gasteiger partial charge in [0.2, 0.25) is 5.91 Å². The van der Waals surface area contributed by atoms with E-state index in [2.05, 4.69) is 10.6 Å². The number of ether oxygens (including phenoxy) is 1. The lowest BCUT2D eigenvalue weighted by atomic mass is 9.84. The molecule has 0 aromatic heterocycles. The summed E-state index contributed by atoms with van der Waals surface area (Å²) in [5, 5.41) is 5.48. The Hall–Kier alpha value is -3.93. The number of benzene rings is 3. The fourth-order valence-corrected chi connectivity index (χ4v) is 3.50. The fraction of sp³-hybridized carbons (Fsp3) is 0.160. The average Bonchev–Trinajstić information content (AvgIpc) is 2.79. The van der Waals surface area contributed by atoms with Crippen LogP contribution in [0, 0.1) is 0 Å². The molecule has 0 aliphatic rings. The molecule has 2 amide bonds. The lowest BCUT2D eigenvalue weighted by molar-refractivity contribution is -0.143. The zero-order valence-corrected chi connectivity index (χ0v) is 17.4. The second kappa shape index (κ2) is 10.2. The molecule has 2 N–H and O–H groups in total. The molecule has 0 heterocycles. The molecular weight excluding hydrogens is 392 g/mol. The molecule has 0 unspecified atom stereocenters. The second-order valence-corrected chi connectivity index (χ2v) is 7.00. The molecule has 31 heavy (non-hydrogen) atoms. The Bertz CT molecular complexity index is 1010. The first-order chi connectivity index (χ1) is 15.0. The van der Waals surface area contributed by atoms with Crippen molar-refractivity contribution in [3.63, 3.8) is 0 Å². The predicted molar refractivity (Wildman–Crippen MR) is 119 cm³/mol. The van der Waals surface area contributed by atoms with Gasteiger partial charge in [-0.15, -0.1) is 0 Å². The summed E-state index contributed by atoms with van der Waals surface area (Å²) in [6.07, 6.45) is 0. The van der Waals surface area contributed by atoms with Crippen LogP contribution in [0.1, 0.15) is 34.3 Å². The van der Waals surface area contributed by atoms with E-state index in [1.54, 1.807) is 24.3 Å². The van der Waals surface area contributed by atoms with Gasteiger partial charge in [-0.25, -0.2) is 4.79 Å². The zero-order valence-electron chi connectivity index (χ0n) is 17.4. The minimum Gasteiger partial charge on any atom is -0.467 e. The van der Waals surface area contributed by atoms with Gasteiger partial charge in [0.05, 0.1) is 18.4 Å². The van der Waals surface area contributed by atoms with Gasteiger partial charge in [-0.05, 0) is 23.3 Å². The number of rotatable bonds is 7. The smallest absolute Gasteiger partial charge is 0.329 e. The van der Waals surface area contributed by atoms with Crippen molar-refractivity contribution >= 4 is 23.5 Å². The molecule has 0 spiro atoms. The summed E-state index contributed by atoms with van der Waals surface area (Å²) in [5.74, 6) is -1.82. The Kier molecular flexibility index (Phi) is 7.17. The SMILES string of the molecule is COC(=O)[C@@H](NC(=O)c1ccccc1NC(C)=O)C(c1ccccc1)c1ccccc1. The van der Waals surface area contributed by atoms with Gasteiger partial charge in [0.1, 0.15) is 6.04 Å². The van der Waals surface area contributed by atoms with Crippen molar-refractivity contribution in [2.45, 2.75) is 18.9 Å². The number of anilines is 1. The Labute approximate surface area is 181 Å². The number of hydrogen-bond acceptors (Lipinski definition) is 4. The van der Waals surface area contributed by atoms with Crippen molar-refractivity contribution in [3.05, 3.63) is 102 Å². The summed E-state index contributed by atoms with van der Waals surface area (Å²) in [5.41, 5.74) is 2.35. The van der Waals surface area contributed by atoms with Gasteiger partial charge in [0, 0.05) is 12.8 Å². The van der Waals surface area contributed by atoms with Crippen molar-refractivity contribution in [2.75, 3.05) is 12.4 Å².